The number of β-amino-alcohol motifs (C(OH)–C–C–N with tert-alkyl or cyclic N) is 1. The molecule has 6 nitrogen and oxygen atoms in total. The first kappa shape index (κ1) is 16.4. The molecule has 3 rings (SSSR count). The summed E-state index contributed by atoms with van der Waals surface area (Å²) < 4.78 is 11.3. The topological polar surface area (TPSA) is 79.8 Å². The number of nitrogens with one attached hydrogen (secondary N) is 2. The number of piperidine rings is 1. The molecule has 1 amide bonds. The lowest BCUT2D eigenvalue weighted by molar-refractivity contribution is 0.0752. The molecule has 2 heterocycles. The highest BCUT2D eigenvalue weighted by Crippen LogP contribution is 2.36. The number of ether oxygens (including phenoxy) is 2. The summed E-state index contributed by atoms with van der Waals surface area (Å²) in [7, 11) is 0. The molecule has 3 N–H and O–H groups in total. The van der Waals surface area contributed by atoms with Crippen LogP contribution in [0.5, 0.6) is 11.5 Å². The number of aliphatic hydroxyl groups is 1. The minimum Gasteiger partial charge on any atom is -0.489 e. The molecule has 0 spiro atoms. The van der Waals surface area contributed by atoms with Gasteiger partial charge in [0, 0.05) is 36.5 Å². The fraction of sp³-hybridized carbons (Fsp3) is 0.562. The quantitative estimate of drug-likeness (QED) is 0.770. The van der Waals surface area contributed by atoms with Crippen molar-refractivity contribution in [1.29, 1.82) is 0 Å². The van der Waals surface area contributed by atoms with Crippen molar-refractivity contribution in [2.75, 3.05) is 32.8 Å². The predicted molar refractivity (Wildman–Crippen MR) is 86.4 cm³/mol. The molecule has 0 saturated carbocycles. The number of aliphatic hydroxyl groups excluding tert-OH is 1. The number of amides is 1. The fourth-order valence-electron chi connectivity index (χ4n) is 2.86. The standard InChI is InChI=1S/C16H21ClN2O4/c17-11-6-12(15-14(7-11)22-4-1-5-23-15)16(21)19-8-10-2-3-18-9-13(10)20/h6-7,10,13,18,20H,1-5,8-9H2,(H,19,21)/t10-,13+/m0/s1. The van der Waals surface area contributed by atoms with Crippen LogP contribution in [0.1, 0.15) is 23.2 Å². The Morgan fingerprint density at radius 3 is 3.04 bits per heavy atom. The zero-order valence-corrected chi connectivity index (χ0v) is 13.6. The molecule has 0 aliphatic carbocycles. The van der Waals surface area contributed by atoms with Gasteiger partial charge in [-0.05, 0) is 19.0 Å². The Morgan fingerprint density at radius 1 is 1.39 bits per heavy atom. The Bertz CT molecular complexity index is 581. The van der Waals surface area contributed by atoms with Crippen LogP contribution in [0.15, 0.2) is 12.1 Å². The summed E-state index contributed by atoms with van der Waals surface area (Å²) in [6, 6.07) is 3.25. The van der Waals surface area contributed by atoms with E-state index in [1.165, 1.54) is 0 Å². The van der Waals surface area contributed by atoms with Crippen molar-refractivity contribution in [1.82, 2.24) is 10.6 Å². The van der Waals surface area contributed by atoms with Gasteiger partial charge in [-0.15, -0.1) is 0 Å². The molecule has 1 aromatic carbocycles. The molecular formula is C16H21ClN2O4. The number of halogens is 1. The third-order valence-electron chi connectivity index (χ3n) is 4.17. The van der Waals surface area contributed by atoms with E-state index in [-0.39, 0.29) is 11.8 Å². The minimum absolute atomic E-state index is 0.0511. The Kier molecular flexibility index (Phi) is 5.25. The van der Waals surface area contributed by atoms with Crippen molar-refractivity contribution in [2.45, 2.75) is 18.9 Å². The number of hydrogen-bond acceptors (Lipinski definition) is 5. The average molecular weight is 341 g/mol. The lowest BCUT2D eigenvalue weighted by atomic mass is 9.95. The van der Waals surface area contributed by atoms with Crippen molar-refractivity contribution in [3.05, 3.63) is 22.7 Å². The molecule has 1 fully saturated rings. The maximum Gasteiger partial charge on any atom is 0.255 e. The van der Waals surface area contributed by atoms with Crippen molar-refractivity contribution >= 4 is 17.5 Å². The van der Waals surface area contributed by atoms with Gasteiger partial charge in [-0.3, -0.25) is 4.79 Å². The van der Waals surface area contributed by atoms with Crippen LogP contribution in [-0.4, -0.2) is 50.0 Å². The molecule has 2 aliphatic rings. The van der Waals surface area contributed by atoms with Gasteiger partial charge >= 0.3 is 0 Å². The van der Waals surface area contributed by atoms with Crippen LogP contribution in [0.3, 0.4) is 0 Å². The van der Waals surface area contributed by atoms with Gasteiger partial charge in [-0.1, -0.05) is 11.6 Å². The molecule has 2 atom stereocenters. The van der Waals surface area contributed by atoms with Crippen LogP contribution in [0.4, 0.5) is 0 Å². The zero-order chi connectivity index (χ0) is 16.2. The van der Waals surface area contributed by atoms with Gasteiger partial charge in [0.2, 0.25) is 0 Å². The highest BCUT2D eigenvalue weighted by atomic mass is 35.5. The molecule has 0 radical (unpaired) electrons. The average Bonchev–Trinajstić information content (AvgIpc) is 2.78. The molecule has 0 aromatic heterocycles. The second-order valence-electron chi connectivity index (χ2n) is 5.86. The third-order valence-corrected chi connectivity index (χ3v) is 4.39. The molecular weight excluding hydrogens is 320 g/mol. The summed E-state index contributed by atoms with van der Waals surface area (Å²) >= 11 is 6.09. The van der Waals surface area contributed by atoms with E-state index in [0.29, 0.717) is 48.4 Å². The smallest absolute Gasteiger partial charge is 0.255 e. The second-order valence-corrected chi connectivity index (χ2v) is 6.30. The Morgan fingerprint density at radius 2 is 2.22 bits per heavy atom. The maximum absolute atomic E-state index is 12.5. The number of carbonyl (C=O) groups excluding carboxylic acids is 1. The predicted octanol–water partition coefficient (Wildman–Crippen LogP) is 1.20. The molecule has 7 heteroatoms. The van der Waals surface area contributed by atoms with Gasteiger partial charge in [-0.2, -0.15) is 0 Å². The van der Waals surface area contributed by atoms with Crippen LogP contribution in [0.25, 0.3) is 0 Å². The molecule has 23 heavy (non-hydrogen) atoms. The number of hydrogen-bond donors (Lipinski definition) is 3. The van der Waals surface area contributed by atoms with Crippen molar-refractivity contribution in [3.63, 3.8) is 0 Å². The third kappa shape index (κ3) is 3.88. The number of rotatable bonds is 3. The fourth-order valence-corrected chi connectivity index (χ4v) is 3.07. The molecule has 1 saturated heterocycles. The summed E-state index contributed by atoms with van der Waals surface area (Å²) in [4.78, 5) is 12.5. The van der Waals surface area contributed by atoms with E-state index in [9.17, 15) is 9.90 Å². The molecule has 2 aliphatic heterocycles. The maximum atomic E-state index is 12.5. The van der Waals surface area contributed by atoms with Crippen molar-refractivity contribution in [2.24, 2.45) is 5.92 Å². The molecule has 0 unspecified atom stereocenters. The monoisotopic (exact) mass is 340 g/mol. The molecule has 1 aromatic rings. The van der Waals surface area contributed by atoms with Gasteiger partial charge in [0.05, 0.1) is 24.9 Å². The number of benzene rings is 1. The lowest BCUT2D eigenvalue weighted by Gasteiger charge is -2.28. The Labute approximate surface area is 140 Å². The number of fused-ring (bicyclic) bond motifs is 1. The van der Waals surface area contributed by atoms with E-state index < -0.39 is 6.10 Å². The van der Waals surface area contributed by atoms with Crippen LogP contribution in [-0.2, 0) is 0 Å². The van der Waals surface area contributed by atoms with E-state index in [2.05, 4.69) is 10.6 Å². The normalized spacial score (nSPS) is 23.9. The number of carbonyl (C=O) groups is 1. The van der Waals surface area contributed by atoms with Crippen LogP contribution < -0.4 is 20.1 Å². The SMILES string of the molecule is O=C(NC[C@@H]1CCNC[C@H]1O)c1cc(Cl)cc2c1OCCCO2. The first-order valence-corrected chi connectivity index (χ1v) is 8.29. The molecule has 126 valence electrons. The zero-order valence-electron chi connectivity index (χ0n) is 12.8. The Hall–Kier alpha value is -1.50. The van der Waals surface area contributed by atoms with Gasteiger partial charge in [0.15, 0.2) is 11.5 Å². The van der Waals surface area contributed by atoms with Crippen molar-refractivity contribution in [3.8, 4) is 11.5 Å². The lowest BCUT2D eigenvalue weighted by Crippen LogP contribution is -2.45. The van der Waals surface area contributed by atoms with Gasteiger partial charge in [0.1, 0.15) is 0 Å². The van der Waals surface area contributed by atoms with Crippen LogP contribution in [0.2, 0.25) is 5.02 Å². The van der Waals surface area contributed by atoms with E-state index in [1.807, 2.05) is 0 Å². The van der Waals surface area contributed by atoms with Crippen LogP contribution >= 0.6 is 11.6 Å². The van der Waals surface area contributed by atoms with E-state index >= 15 is 0 Å². The highest BCUT2D eigenvalue weighted by Gasteiger charge is 2.25. The molecule has 0 bridgehead atoms. The summed E-state index contributed by atoms with van der Waals surface area (Å²) in [6.45, 7) is 2.87. The van der Waals surface area contributed by atoms with Gasteiger partial charge in [0.25, 0.3) is 5.91 Å². The highest BCUT2D eigenvalue weighted by molar-refractivity contribution is 6.31. The largest absolute Gasteiger partial charge is 0.489 e. The summed E-state index contributed by atoms with van der Waals surface area (Å²) in [5, 5.41) is 16.4. The second kappa shape index (κ2) is 7.38. The minimum atomic E-state index is -0.444. The van der Waals surface area contributed by atoms with Gasteiger partial charge in [-0.25, -0.2) is 0 Å². The Balaban J connectivity index is 1.72. The van der Waals surface area contributed by atoms with E-state index in [4.69, 9.17) is 21.1 Å². The summed E-state index contributed by atoms with van der Waals surface area (Å²) in [5.74, 6) is 0.729. The summed E-state index contributed by atoms with van der Waals surface area (Å²) in [5.41, 5.74) is 0.373. The van der Waals surface area contributed by atoms with E-state index in [0.717, 1.165) is 19.4 Å². The van der Waals surface area contributed by atoms with Gasteiger partial charge < -0.3 is 25.2 Å². The van der Waals surface area contributed by atoms with Crippen LogP contribution in [0, 0.1) is 5.92 Å². The van der Waals surface area contributed by atoms with Crippen molar-refractivity contribution < 1.29 is 19.4 Å². The first-order valence-electron chi connectivity index (χ1n) is 7.91. The first-order chi connectivity index (χ1) is 11.1. The van der Waals surface area contributed by atoms with E-state index in [1.54, 1.807) is 12.1 Å². The summed E-state index contributed by atoms with van der Waals surface area (Å²) in [6.07, 6.45) is 1.14.